The minimum Gasteiger partial charge on any atom is -0.497 e. The molecule has 5 nitrogen and oxygen atoms in total. The molecule has 1 aromatic heterocycles. The Kier molecular flexibility index (Phi) is 4.80. The molecule has 1 aromatic carbocycles. The Morgan fingerprint density at radius 1 is 1.41 bits per heavy atom. The van der Waals surface area contributed by atoms with E-state index in [1.165, 1.54) is 17.9 Å². The molecule has 1 amide bonds. The van der Waals surface area contributed by atoms with Crippen LogP contribution in [0.2, 0.25) is 0 Å². The van der Waals surface area contributed by atoms with Gasteiger partial charge in [-0.25, -0.2) is 4.39 Å². The van der Waals surface area contributed by atoms with Crippen molar-refractivity contribution in [3.63, 3.8) is 0 Å². The molecule has 0 aliphatic rings. The lowest BCUT2D eigenvalue weighted by molar-refractivity contribution is 0.0943. The highest BCUT2D eigenvalue weighted by Gasteiger charge is 2.16. The van der Waals surface area contributed by atoms with Gasteiger partial charge < -0.3 is 10.1 Å². The molecular weight excluding hydrogens is 285 g/mol. The van der Waals surface area contributed by atoms with Gasteiger partial charge in [-0.2, -0.15) is 5.10 Å². The molecule has 0 unspecified atom stereocenters. The van der Waals surface area contributed by atoms with Gasteiger partial charge in [0.1, 0.15) is 11.6 Å². The second-order valence-electron chi connectivity index (χ2n) is 5.49. The fourth-order valence-corrected chi connectivity index (χ4v) is 2.05. The molecule has 2 aromatic rings. The predicted molar refractivity (Wildman–Crippen MR) is 82.3 cm³/mol. The number of carbonyl (C=O) groups excluding carboxylic acids is 1. The third-order valence-electron chi connectivity index (χ3n) is 3.24. The Morgan fingerprint density at radius 3 is 2.73 bits per heavy atom. The van der Waals surface area contributed by atoms with E-state index in [2.05, 4.69) is 10.4 Å². The van der Waals surface area contributed by atoms with Crippen LogP contribution in [0.25, 0.3) is 11.3 Å². The molecule has 0 bridgehead atoms. The van der Waals surface area contributed by atoms with Gasteiger partial charge in [-0.05, 0) is 24.1 Å². The average molecular weight is 305 g/mol. The Morgan fingerprint density at radius 2 is 2.14 bits per heavy atom. The van der Waals surface area contributed by atoms with Gasteiger partial charge in [-0.15, -0.1) is 0 Å². The maximum atomic E-state index is 14.1. The molecule has 6 heteroatoms. The zero-order valence-electron chi connectivity index (χ0n) is 13.2. The molecule has 2 rings (SSSR count). The van der Waals surface area contributed by atoms with E-state index in [4.69, 9.17) is 4.74 Å². The van der Waals surface area contributed by atoms with Crippen molar-refractivity contribution in [3.8, 4) is 17.0 Å². The lowest BCUT2D eigenvalue weighted by atomic mass is 10.1. The van der Waals surface area contributed by atoms with Crippen LogP contribution in [0.3, 0.4) is 0 Å². The Balaban J connectivity index is 2.28. The number of carbonyl (C=O) groups is 1. The Hall–Kier alpha value is -2.37. The maximum Gasteiger partial charge on any atom is 0.271 e. The number of hydrogen-bond donors (Lipinski definition) is 1. The topological polar surface area (TPSA) is 56.1 Å². The van der Waals surface area contributed by atoms with E-state index in [9.17, 15) is 9.18 Å². The number of benzene rings is 1. The van der Waals surface area contributed by atoms with Gasteiger partial charge >= 0.3 is 0 Å². The van der Waals surface area contributed by atoms with Crippen LogP contribution in [0.15, 0.2) is 24.3 Å². The first kappa shape index (κ1) is 16.0. The lowest BCUT2D eigenvalue weighted by Gasteiger charge is -2.05. The van der Waals surface area contributed by atoms with Crippen LogP contribution in [0.1, 0.15) is 24.3 Å². The minimum absolute atomic E-state index is 0.260. The third kappa shape index (κ3) is 3.44. The Labute approximate surface area is 129 Å². The largest absolute Gasteiger partial charge is 0.497 e. The molecule has 0 saturated heterocycles. The highest BCUT2D eigenvalue weighted by Crippen LogP contribution is 2.26. The highest BCUT2D eigenvalue weighted by molar-refractivity contribution is 5.93. The van der Waals surface area contributed by atoms with Crippen molar-refractivity contribution in [1.82, 2.24) is 15.1 Å². The van der Waals surface area contributed by atoms with Crippen LogP contribution in [-0.4, -0.2) is 29.3 Å². The van der Waals surface area contributed by atoms with E-state index in [-0.39, 0.29) is 11.6 Å². The monoisotopic (exact) mass is 305 g/mol. The smallest absolute Gasteiger partial charge is 0.271 e. The summed E-state index contributed by atoms with van der Waals surface area (Å²) in [7, 11) is 3.16. The van der Waals surface area contributed by atoms with Crippen LogP contribution in [0.4, 0.5) is 4.39 Å². The van der Waals surface area contributed by atoms with Crippen molar-refractivity contribution in [2.24, 2.45) is 13.0 Å². The number of nitrogens with zero attached hydrogens (tertiary/aromatic N) is 2. The van der Waals surface area contributed by atoms with E-state index in [0.717, 1.165) is 0 Å². The van der Waals surface area contributed by atoms with Crippen LogP contribution in [0.5, 0.6) is 5.75 Å². The molecule has 0 atom stereocenters. The van der Waals surface area contributed by atoms with Crippen LogP contribution in [-0.2, 0) is 7.05 Å². The summed E-state index contributed by atoms with van der Waals surface area (Å²) in [5.74, 6) is 0.116. The summed E-state index contributed by atoms with van der Waals surface area (Å²) in [4.78, 5) is 12.0. The highest BCUT2D eigenvalue weighted by atomic mass is 19.1. The van der Waals surface area contributed by atoms with E-state index < -0.39 is 5.82 Å². The molecule has 22 heavy (non-hydrogen) atoms. The van der Waals surface area contributed by atoms with Crippen LogP contribution >= 0.6 is 0 Å². The van der Waals surface area contributed by atoms with E-state index >= 15 is 0 Å². The van der Waals surface area contributed by atoms with Crippen molar-refractivity contribution in [1.29, 1.82) is 0 Å². The normalized spacial score (nSPS) is 10.8. The summed E-state index contributed by atoms with van der Waals surface area (Å²) in [6, 6.07) is 6.17. The molecule has 1 heterocycles. The van der Waals surface area contributed by atoms with E-state index in [0.29, 0.717) is 29.5 Å². The minimum atomic E-state index is -0.420. The predicted octanol–water partition coefficient (Wildman–Crippen LogP) is 2.62. The van der Waals surface area contributed by atoms with Crippen molar-refractivity contribution >= 4 is 5.91 Å². The first-order chi connectivity index (χ1) is 10.4. The van der Waals surface area contributed by atoms with Gasteiger partial charge in [0.15, 0.2) is 5.69 Å². The first-order valence-electron chi connectivity index (χ1n) is 7.08. The number of halogens is 1. The van der Waals surface area contributed by atoms with Gasteiger partial charge in [0, 0.05) is 25.2 Å². The first-order valence-corrected chi connectivity index (χ1v) is 7.08. The van der Waals surface area contributed by atoms with Gasteiger partial charge in [-0.3, -0.25) is 9.48 Å². The Bertz CT molecular complexity index is 680. The zero-order chi connectivity index (χ0) is 16.3. The van der Waals surface area contributed by atoms with Gasteiger partial charge in [0.05, 0.1) is 12.8 Å². The van der Waals surface area contributed by atoms with Gasteiger partial charge in [-0.1, -0.05) is 13.8 Å². The van der Waals surface area contributed by atoms with Crippen molar-refractivity contribution in [3.05, 3.63) is 35.8 Å². The number of nitrogens with one attached hydrogen (secondary N) is 1. The van der Waals surface area contributed by atoms with Gasteiger partial charge in [0.2, 0.25) is 0 Å². The number of hydrogen-bond acceptors (Lipinski definition) is 3. The average Bonchev–Trinajstić information content (AvgIpc) is 2.86. The van der Waals surface area contributed by atoms with Crippen LogP contribution in [0, 0.1) is 11.7 Å². The van der Waals surface area contributed by atoms with E-state index in [1.54, 1.807) is 25.2 Å². The molecule has 0 spiro atoms. The zero-order valence-corrected chi connectivity index (χ0v) is 13.2. The fourth-order valence-electron chi connectivity index (χ4n) is 2.05. The summed E-state index contributed by atoms with van der Waals surface area (Å²) < 4.78 is 20.6. The quantitative estimate of drug-likeness (QED) is 0.924. The second kappa shape index (κ2) is 6.60. The lowest BCUT2D eigenvalue weighted by Crippen LogP contribution is -2.27. The molecule has 0 fully saturated rings. The third-order valence-corrected chi connectivity index (χ3v) is 3.24. The summed E-state index contributed by atoms with van der Waals surface area (Å²) in [6.45, 7) is 4.59. The molecule has 0 aliphatic heterocycles. The SMILES string of the molecule is COc1ccc(-c2cc(C(=O)NCC(C)C)nn2C)c(F)c1. The molecule has 118 valence electrons. The summed E-state index contributed by atoms with van der Waals surface area (Å²) in [6.07, 6.45) is 0. The molecule has 0 saturated carbocycles. The van der Waals surface area contributed by atoms with Gasteiger partial charge in [0.25, 0.3) is 5.91 Å². The maximum absolute atomic E-state index is 14.1. The number of amides is 1. The van der Waals surface area contributed by atoms with Crippen molar-refractivity contribution in [2.75, 3.05) is 13.7 Å². The number of ether oxygens (including phenoxy) is 1. The number of aromatic nitrogens is 2. The van der Waals surface area contributed by atoms with Crippen LogP contribution < -0.4 is 10.1 Å². The van der Waals surface area contributed by atoms with Crippen molar-refractivity contribution < 1.29 is 13.9 Å². The molecular formula is C16H20FN3O2. The second-order valence-corrected chi connectivity index (χ2v) is 5.49. The standard InChI is InChI=1S/C16H20FN3O2/c1-10(2)9-18-16(21)14-8-15(20(3)19-14)12-6-5-11(22-4)7-13(12)17/h5-8,10H,9H2,1-4H3,(H,18,21). The molecule has 0 radical (unpaired) electrons. The van der Waals surface area contributed by atoms with E-state index in [1.807, 2.05) is 13.8 Å². The summed E-state index contributed by atoms with van der Waals surface area (Å²) >= 11 is 0. The summed E-state index contributed by atoms with van der Waals surface area (Å²) in [5.41, 5.74) is 1.18. The molecule has 1 N–H and O–H groups in total. The molecule has 0 aliphatic carbocycles. The number of aryl methyl sites for hydroxylation is 1. The summed E-state index contributed by atoms with van der Waals surface area (Å²) in [5, 5.41) is 6.95. The van der Waals surface area contributed by atoms with Crippen molar-refractivity contribution in [2.45, 2.75) is 13.8 Å². The number of methoxy groups -OCH3 is 1. The fraction of sp³-hybridized carbons (Fsp3) is 0.375. The number of rotatable bonds is 5.